The molecule has 1 aromatic carbocycles. The monoisotopic (exact) mass is 440 g/mol. The smallest absolute Gasteiger partial charge is 0.306 e. The molecule has 0 bridgehead atoms. The van der Waals surface area contributed by atoms with Gasteiger partial charge in [0, 0.05) is 38.3 Å². The largest absolute Gasteiger partial charge is 0.456 e. The number of esters is 1. The number of piperazine rings is 1. The summed E-state index contributed by atoms with van der Waals surface area (Å²) in [6.45, 7) is 4.84. The number of H-pyrrole nitrogens is 1. The Kier molecular flexibility index (Phi) is 7.25. The minimum absolute atomic E-state index is 0.0208. The Labute approximate surface area is 185 Å². The summed E-state index contributed by atoms with van der Waals surface area (Å²) in [5.41, 5.74) is 1.96. The molecule has 3 rings (SSSR count). The van der Waals surface area contributed by atoms with Crippen molar-refractivity contribution in [2.45, 2.75) is 26.7 Å². The van der Waals surface area contributed by atoms with E-state index in [1.165, 1.54) is 6.07 Å². The summed E-state index contributed by atoms with van der Waals surface area (Å²) >= 11 is 0. The van der Waals surface area contributed by atoms with Gasteiger partial charge in [0.15, 0.2) is 6.61 Å². The van der Waals surface area contributed by atoms with Gasteiger partial charge in [0.2, 0.25) is 0 Å². The molecule has 0 saturated carbocycles. The number of carbonyl (C=O) groups is 2. The van der Waals surface area contributed by atoms with Gasteiger partial charge in [-0.2, -0.15) is 5.26 Å². The van der Waals surface area contributed by atoms with Crippen molar-refractivity contribution >= 4 is 17.6 Å². The summed E-state index contributed by atoms with van der Waals surface area (Å²) in [4.78, 5) is 42.4. The number of nitrogens with zero attached hydrogens (tertiary/aromatic N) is 3. The van der Waals surface area contributed by atoms with Crippen LogP contribution in [-0.4, -0.2) is 54.5 Å². The first-order chi connectivity index (χ1) is 15.3. The number of aromatic amines is 1. The maximum absolute atomic E-state index is 13.9. The van der Waals surface area contributed by atoms with Crippen LogP contribution in [0.5, 0.6) is 0 Å². The molecule has 0 unspecified atom stereocenters. The van der Waals surface area contributed by atoms with Crippen LogP contribution in [0.2, 0.25) is 0 Å². The molecule has 168 valence electrons. The number of nitrogens with one attached hydrogen (secondary N) is 1. The van der Waals surface area contributed by atoms with Crippen LogP contribution in [0.1, 0.15) is 28.8 Å². The molecule has 8 nitrogen and oxygen atoms in total. The van der Waals surface area contributed by atoms with Gasteiger partial charge in [0.1, 0.15) is 17.4 Å². The predicted octanol–water partition coefficient (Wildman–Crippen LogP) is 1.83. The highest BCUT2D eigenvalue weighted by molar-refractivity contribution is 5.81. The van der Waals surface area contributed by atoms with Gasteiger partial charge in [-0.15, -0.1) is 0 Å². The summed E-state index contributed by atoms with van der Waals surface area (Å²) < 4.78 is 19.1. The topological polar surface area (TPSA) is 106 Å². The first-order valence-corrected chi connectivity index (χ1v) is 10.4. The number of amides is 1. The fraction of sp³-hybridized carbons (Fsp3) is 0.391. The van der Waals surface area contributed by atoms with Crippen LogP contribution in [0, 0.1) is 31.0 Å². The second-order valence-electron chi connectivity index (χ2n) is 7.65. The third kappa shape index (κ3) is 5.14. The summed E-state index contributed by atoms with van der Waals surface area (Å²) in [5, 5.41) is 9.13. The lowest BCUT2D eigenvalue weighted by Crippen LogP contribution is -2.50. The van der Waals surface area contributed by atoms with Crippen molar-refractivity contribution in [2.24, 2.45) is 0 Å². The maximum Gasteiger partial charge on any atom is 0.306 e. The van der Waals surface area contributed by atoms with E-state index >= 15 is 0 Å². The number of ether oxygens (including phenoxy) is 1. The molecule has 2 aromatic rings. The Balaban J connectivity index is 1.47. The van der Waals surface area contributed by atoms with Crippen molar-refractivity contribution in [1.29, 1.82) is 5.26 Å². The zero-order valence-electron chi connectivity index (χ0n) is 18.1. The van der Waals surface area contributed by atoms with Gasteiger partial charge in [-0.05, 0) is 43.5 Å². The first-order valence-electron chi connectivity index (χ1n) is 10.4. The maximum atomic E-state index is 13.9. The standard InChI is InChI=1S/C23H25FN4O4/c1-15-17(16(2)26-23(31)18(15)13-25)7-8-22(30)32-14-21(29)28-11-9-27(10-12-28)20-6-4-3-5-19(20)24/h3-6H,7-12,14H2,1-2H3,(H,26,31). The number of halogens is 1. The summed E-state index contributed by atoms with van der Waals surface area (Å²) in [7, 11) is 0. The van der Waals surface area contributed by atoms with Gasteiger partial charge in [0.25, 0.3) is 11.5 Å². The van der Waals surface area contributed by atoms with E-state index in [0.717, 1.165) is 0 Å². The number of benzene rings is 1. The van der Waals surface area contributed by atoms with Gasteiger partial charge in [-0.1, -0.05) is 12.1 Å². The lowest BCUT2D eigenvalue weighted by molar-refractivity contribution is -0.152. The van der Waals surface area contributed by atoms with E-state index in [4.69, 9.17) is 10.00 Å². The van der Waals surface area contributed by atoms with Crippen LogP contribution >= 0.6 is 0 Å². The van der Waals surface area contributed by atoms with Crippen LogP contribution in [0.15, 0.2) is 29.1 Å². The number of carbonyl (C=O) groups excluding carboxylic acids is 2. The summed E-state index contributed by atoms with van der Waals surface area (Å²) in [6, 6.07) is 8.40. The van der Waals surface area contributed by atoms with Crippen LogP contribution in [0.25, 0.3) is 0 Å². The summed E-state index contributed by atoms with van der Waals surface area (Å²) in [5.74, 6) is -1.13. The normalized spacial score (nSPS) is 13.6. The van der Waals surface area contributed by atoms with Crippen molar-refractivity contribution in [3.63, 3.8) is 0 Å². The van der Waals surface area contributed by atoms with Crippen LogP contribution in [0.4, 0.5) is 10.1 Å². The predicted molar refractivity (Wildman–Crippen MR) is 116 cm³/mol. The molecule has 0 radical (unpaired) electrons. The third-order valence-electron chi connectivity index (χ3n) is 5.68. The van der Waals surface area contributed by atoms with E-state index < -0.39 is 11.5 Å². The summed E-state index contributed by atoms with van der Waals surface area (Å²) in [6.07, 6.45) is 0.310. The van der Waals surface area contributed by atoms with E-state index in [1.807, 2.05) is 11.0 Å². The SMILES string of the molecule is Cc1[nH]c(=O)c(C#N)c(C)c1CCC(=O)OCC(=O)N1CCN(c2ccccc2F)CC1. The molecule has 1 fully saturated rings. The minimum Gasteiger partial charge on any atom is -0.456 e. The molecule has 9 heteroatoms. The van der Waals surface area contributed by atoms with Crippen molar-refractivity contribution in [3.05, 3.63) is 62.8 Å². The van der Waals surface area contributed by atoms with Gasteiger partial charge >= 0.3 is 5.97 Å². The fourth-order valence-corrected chi connectivity index (χ4v) is 3.86. The zero-order valence-corrected chi connectivity index (χ0v) is 18.1. The Morgan fingerprint density at radius 2 is 1.88 bits per heavy atom. The molecule has 1 amide bonds. The van der Waals surface area contributed by atoms with Crippen LogP contribution in [0.3, 0.4) is 0 Å². The second kappa shape index (κ2) is 10.1. The Morgan fingerprint density at radius 1 is 1.19 bits per heavy atom. The molecular weight excluding hydrogens is 415 g/mol. The van der Waals surface area contributed by atoms with Crippen molar-refractivity contribution in [1.82, 2.24) is 9.88 Å². The molecule has 1 aromatic heterocycles. The number of para-hydroxylation sites is 1. The Hall–Kier alpha value is -3.67. The average molecular weight is 440 g/mol. The van der Waals surface area contributed by atoms with Crippen LogP contribution < -0.4 is 10.5 Å². The molecule has 0 atom stereocenters. The Bertz CT molecular complexity index is 1110. The van der Waals surface area contributed by atoms with Crippen LogP contribution in [-0.2, 0) is 20.7 Å². The minimum atomic E-state index is -0.535. The highest BCUT2D eigenvalue weighted by Crippen LogP contribution is 2.20. The fourth-order valence-electron chi connectivity index (χ4n) is 3.86. The van der Waals surface area contributed by atoms with Gasteiger partial charge in [-0.25, -0.2) is 4.39 Å². The van der Waals surface area contributed by atoms with Gasteiger partial charge in [0.05, 0.1) is 5.69 Å². The van der Waals surface area contributed by atoms with Crippen molar-refractivity contribution < 1.29 is 18.7 Å². The molecule has 2 heterocycles. The second-order valence-corrected chi connectivity index (χ2v) is 7.65. The number of nitriles is 1. The number of hydrogen-bond acceptors (Lipinski definition) is 6. The van der Waals surface area contributed by atoms with E-state index in [0.29, 0.717) is 48.7 Å². The molecule has 0 spiro atoms. The van der Waals surface area contributed by atoms with Crippen molar-refractivity contribution in [3.8, 4) is 6.07 Å². The molecule has 1 saturated heterocycles. The van der Waals surface area contributed by atoms with E-state index in [-0.39, 0.29) is 36.7 Å². The Morgan fingerprint density at radius 3 is 2.53 bits per heavy atom. The molecule has 32 heavy (non-hydrogen) atoms. The number of pyridine rings is 1. The number of aryl methyl sites for hydroxylation is 1. The molecule has 0 aliphatic carbocycles. The number of rotatable bonds is 6. The first kappa shape index (κ1) is 23.0. The lowest BCUT2D eigenvalue weighted by atomic mass is 9.99. The number of hydrogen-bond donors (Lipinski definition) is 1. The highest BCUT2D eigenvalue weighted by atomic mass is 19.1. The van der Waals surface area contributed by atoms with E-state index in [9.17, 15) is 18.8 Å². The molecule has 1 N–H and O–H groups in total. The van der Waals surface area contributed by atoms with Gasteiger partial charge in [-0.3, -0.25) is 14.4 Å². The lowest BCUT2D eigenvalue weighted by Gasteiger charge is -2.36. The van der Waals surface area contributed by atoms with E-state index in [1.54, 1.807) is 36.9 Å². The van der Waals surface area contributed by atoms with E-state index in [2.05, 4.69) is 4.98 Å². The highest BCUT2D eigenvalue weighted by Gasteiger charge is 2.23. The number of anilines is 1. The quantitative estimate of drug-likeness (QED) is 0.687. The molecule has 1 aliphatic heterocycles. The van der Waals surface area contributed by atoms with Crippen molar-refractivity contribution in [2.75, 3.05) is 37.7 Å². The molecular formula is C23H25FN4O4. The third-order valence-corrected chi connectivity index (χ3v) is 5.68. The average Bonchev–Trinajstić information content (AvgIpc) is 2.78. The zero-order chi connectivity index (χ0) is 23.3. The van der Waals surface area contributed by atoms with Gasteiger partial charge < -0.3 is 19.5 Å². The number of aromatic nitrogens is 1. The molecule has 1 aliphatic rings.